The molecule has 4 heteroatoms. The Morgan fingerprint density at radius 3 is 2.32 bits per heavy atom. The Kier molecular flexibility index (Phi) is 4.39. The third-order valence-corrected chi connectivity index (χ3v) is 4.10. The molecule has 4 nitrogen and oxygen atoms in total. The van der Waals surface area contributed by atoms with E-state index in [9.17, 15) is 4.79 Å². The number of fused-ring (bicyclic) bond motifs is 2. The van der Waals surface area contributed by atoms with Gasteiger partial charge < -0.3 is 15.5 Å². The fourth-order valence-corrected chi connectivity index (χ4v) is 3.37. The Balaban J connectivity index is 2.00. The van der Waals surface area contributed by atoms with Gasteiger partial charge in [0.1, 0.15) is 0 Å². The number of carbonyl (C=O) groups excluding carboxylic acids is 1. The van der Waals surface area contributed by atoms with Crippen molar-refractivity contribution in [2.24, 2.45) is 0 Å². The lowest BCUT2D eigenvalue weighted by atomic mass is 9.98. The van der Waals surface area contributed by atoms with Crippen LogP contribution in [0.25, 0.3) is 0 Å². The summed E-state index contributed by atoms with van der Waals surface area (Å²) in [5.74, 6) is 0. The van der Waals surface area contributed by atoms with Gasteiger partial charge >= 0.3 is 6.03 Å². The van der Waals surface area contributed by atoms with E-state index in [1.54, 1.807) is 0 Å². The van der Waals surface area contributed by atoms with E-state index in [2.05, 4.69) is 22.5 Å². The Morgan fingerprint density at radius 1 is 1.26 bits per heavy atom. The first kappa shape index (κ1) is 14.6. The van der Waals surface area contributed by atoms with Crippen molar-refractivity contribution < 1.29 is 4.79 Å². The second-order valence-corrected chi connectivity index (χ2v) is 7.14. The molecule has 0 radical (unpaired) electrons. The predicted octanol–water partition coefficient (Wildman–Crippen LogP) is 2.49. The highest BCUT2D eigenvalue weighted by molar-refractivity contribution is 5.75. The average molecular weight is 267 g/mol. The van der Waals surface area contributed by atoms with E-state index in [1.165, 1.54) is 12.8 Å². The summed E-state index contributed by atoms with van der Waals surface area (Å²) in [6.45, 7) is 9.14. The lowest BCUT2D eigenvalue weighted by Crippen LogP contribution is -2.56. The van der Waals surface area contributed by atoms with E-state index in [0.717, 1.165) is 25.8 Å². The summed E-state index contributed by atoms with van der Waals surface area (Å²) in [5, 5.41) is 6.76. The van der Waals surface area contributed by atoms with E-state index in [0.29, 0.717) is 18.1 Å². The summed E-state index contributed by atoms with van der Waals surface area (Å²) in [4.78, 5) is 14.6. The number of amides is 2. The Labute approximate surface area is 117 Å². The molecule has 2 aliphatic rings. The SMILES string of the molecule is CCCN(C(=O)NC(C)(C)C)C1CC2CCC(C1)N2. The van der Waals surface area contributed by atoms with E-state index in [4.69, 9.17) is 0 Å². The molecule has 2 rings (SSSR count). The van der Waals surface area contributed by atoms with Gasteiger partial charge in [0, 0.05) is 30.2 Å². The van der Waals surface area contributed by atoms with Gasteiger partial charge in [-0.3, -0.25) is 0 Å². The third-order valence-electron chi connectivity index (χ3n) is 4.10. The minimum atomic E-state index is -0.158. The van der Waals surface area contributed by atoms with Crippen molar-refractivity contribution in [1.29, 1.82) is 0 Å². The first-order chi connectivity index (χ1) is 8.89. The van der Waals surface area contributed by atoms with Crippen LogP contribution in [0, 0.1) is 0 Å². The summed E-state index contributed by atoms with van der Waals surface area (Å²) in [6, 6.07) is 1.79. The molecule has 2 unspecified atom stereocenters. The van der Waals surface area contributed by atoms with Crippen molar-refractivity contribution in [3.63, 3.8) is 0 Å². The third kappa shape index (κ3) is 3.85. The van der Waals surface area contributed by atoms with Crippen LogP contribution in [0.5, 0.6) is 0 Å². The molecule has 110 valence electrons. The molecule has 0 aliphatic carbocycles. The van der Waals surface area contributed by atoms with Crippen molar-refractivity contribution >= 4 is 6.03 Å². The largest absolute Gasteiger partial charge is 0.333 e. The molecule has 2 bridgehead atoms. The molecule has 0 spiro atoms. The van der Waals surface area contributed by atoms with Gasteiger partial charge in [-0.2, -0.15) is 0 Å². The molecule has 19 heavy (non-hydrogen) atoms. The van der Waals surface area contributed by atoms with Gasteiger partial charge in [-0.1, -0.05) is 6.92 Å². The second kappa shape index (κ2) is 5.70. The van der Waals surface area contributed by atoms with Crippen LogP contribution in [0.4, 0.5) is 4.79 Å². The normalized spacial score (nSPS) is 30.2. The zero-order valence-corrected chi connectivity index (χ0v) is 12.8. The topological polar surface area (TPSA) is 44.4 Å². The van der Waals surface area contributed by atoms with Gasteiger partial charge in [0.25, 0.3) is 0 Å². The maximum atomic E-state index is 12.5. The number of nitrogens with one attached hydrogen (secondary N) is 2. The zero-order valence-electron chi connectivity index (χ0n) is 12.8. The highest BCUT2D eigenvalue weighted by atomic mass is 16.2. The van der Waals surface area contributed by atoms with Gasteiger partial charge in [-0.15, -0.1) is 0 Å². The van der Waals surface area contributed by atoms with Crippen LogP contribution in [0.2, 0.25) is 0 Å². The predicted molar refractivity (Wildman–Crippen MR) is 78.2 cm³/mol. The van der Waals surface area contributed by atoms with Gasteiger partial charge in [0.2, 0.25) is 0 Å². The second-order valence-electron chi connectivity index (χ2n) is 7.14. The summed E-state index contributed by atoms with van der Waals surface area (Å²) in [5.41, 5.74) is -0.158. The number of hydrogen-bond acceptors (Lipinski definition) is 2. The number of carbonyl (C=O) groups is 1. The van der Waals surface area contributed by atoms with Gasteiger partial charge in [0.05, 0.1) is 0 Å². The molecule has 0 aromatic rings. The van der Waals surface area contributed by atoms with Crippen LogP contribution in [-0.2, 0) is 0 Å². The summed E-state index contributed by atoms with van der Waals surface area (Å²) in [6.07, 6.45) is 5.82. The molecule has 2 amide bonds. The quantitative estimate of drug-likeness (QED) is 0.825. The zero-order chi connectivity index (χ0) is 14.0. The number of urea groups is 1. The summed E-state index contributed by atoms with van der Waals surface area (Å²) in [7, 11) is 0. The molecule has 2 heterocycles. The van der Waals surface area contributed by atoms with Gasteiger partial charge in [-0.05, 0) is 52.9 Å². The van der Waals surface area contributed by atoms with Crippen molar-refractivity contribution in [3.05, 3.63) is 0 Å². The van der Waals surface area contributed by atoms with Crippen LogP contribution < -0.4 is 10.6 Å². The standard InChI is InChI=1S/C15H29N3O/c1-5-8-18(14(19)17-15(2,3)4)13-9-11-6-7-12(10-13)16-11/h11-13,16H,5-10H2,1-4H3,(H,17,19). The highest BCUT2D eigenvalue weighted by Crippen LogP contribution is 2.30. The maximum absolute atomic E-state index is 12.5. The number of hydrogen-bond donors (Lipinski definition) is 2. The van der Waals surface area contributed by atoms with E-state index >= 15 is 0 Å². The number of rotatable bonds is 3. The molecule has 0 aromatic heterocycles. The number of nitrogens with zero attached hydrogens (tertiary/aromatic N) is 1. The van der Waals surface area contributed by atoms with Crippen LogP contribution >= 0.6 is 0 Å². The van der Waals surface area contributed by atoms with Crippen LogP contribution in [0.15, 0.2) is 0 Å². The van der Waals surface area contributed by atoms with Gasteiger partial charge in [0.15, 0.2) is 0 Å². The Bertz CT molecular complexity index is 312. The fraction of sp³-hybridized carbons (Fsp3) is 0.933. The minimum absolute atomic E-state index is 0.112. The lowest BCUT2D eigenvalue weighted by molar-refractivity contribution is 0.140. The van der Waals surface area contributed by atoms with E-state index < -0.39 is 0 Å². The Hall–Kier alpha value is -0.770. The molecular weight excluding hydrogens is 238 g/mol. The highest BCUT2D eigenvalue weighted by Gasteiger charge is 2.37. The summed E-state index contributed by atoms with van der Waals surface area (Å²) < 4.78 is 0. The maximum Gasteiger partial charge on any atom is 0.318 e. The van der Waals surface area contributed by atoms with Crippen molar-refractivity contribution in [2.75, 3.05) is 6.54 Å². The first-order valence-electron chi connectivity index (χ1n) is 7.74. The number of piperidine rings is 1. The van der Waals surface area contributed by atoms with Crippen molar-refractivity contribution in [1.82, 2.24) is 15.5 Å². The molecule has 0 saturated carbocycles. The molecule has 2 atom stereocenters. The van der Waals surface area contributed by atoms with Crippen LogP contribution in [0.1, 0.15) is 59.8 Å². The molecule has 0 aromatic carbocycles. The molecule has 2 fully saturated rings. The molecular formula is C15H29N3O. The van der Waals surface area contributed by atoms with E-state index in [-0.39, 0.29) is 11.6 Å². The molecule has 2 saturated heterocycles. The molecule has 2 aliphatic heterocycles. The Morgan fingerprint density at radius 2 is 1.84 bits per heavy atom. The van der Waals surface area contributed by atoms with E-state index in [1.807, 2.05) is 20.8 Å². The monoisotopic (exact) mass is 267 g/mol. The smallest absolute Gasteiger partial charge is 0.318 e. The first-order valence-corrected chi connectivity index (χ1v) is 7.74. The minimum Gasteiger partial charge on any atom is -0.333 e. The van der Waals surface area contributed by atoms with Gasteiger partial charge in [-0.25, -0.2) is 4.79 Å². The van der Waals surface area contributed by atoms with Crippen LogP contribution in [-0.4, -0.2) is 41.1 Å². The average Bonchev–Trinajstić information content (AvgIpc) is 2.63. The molecule has 2 N–H and O–H groups in total. The van der Waals surface area contributed by atoms with Crippen molar-refractivity contribution in [2.45, 2.75) is 83.5 Å². The van der Waals surface area contributed by atoms with Crippen molar-refractivity contribution in [3.8, 4) is 0 Å². The lowest BCUT2D eigenvalue weighted by Gasteiger charge is -2.39. The fourth-order valence-electron chi connectivity index (χ4n) is 3.37. The summed E-state index contributed by atoms with van der Waals surface area (Å²) >= 11 is 0. The van der Waals surface area contributed by atoms with Crippen LogP contribution in [0.3, 0.4) is 0 Å².